The Hall–Kier alpha value is -4.57. The normalized spacial score (nSPS) is 11.2. The minimum atomic E-state index is 0.152. The molecule has 0 bridgehead atoms. The zero-order valence-corrected chi connectivity index (χ0v) is 18.6. The summed E-state index contributed by atoms with van der Waals surface area (Å²) in [5, 5.41) is 15.1. The SMILES string of the molecule is Cc1ccc(-c2nc(-c3cccc4ccccc34)nc(-c3cccc4ccccc34)n2)c(O)c1. The number of phenols is 1. The molecule has 34 heavy (non-hydrogen) atoms. The number of nitrogens with zero attached hydrogens (tertiary/aromatic N) is 3. The Morgan fingerprint density at radius 1 is 0.500 bits per heavy atom. The van der Waals surface area contributed by atoms with Crippen LogP contribution in [0, 0.1) is 6.92 Å². The minimum absolute atomic E-state index is 0.152. The van der Waals surface area contributed by atoms with Gasteiger partial charge in [-0.25, -0.2) is 15.0 Å². The number of aryl methyl sites for hydroxylation is 1. The van der Waals surface area contributed by atoms with Crippen molar-refractivity contribution >= 4 is 21.5 Å². The van der Waals surface area contributed by atoms with Crippen LogP contribution < -0.4 is 0 Å². The van der Waals surface area contributed by atoms with Crippen molar-refractivity contribution < 1.29 is 5.11 Å². The molecule has 6 rings (SSSR count). The van der Waals surface area contributed by atoms with Crippen LogP contribution in [0.15, 0.2) is 103 Å². The van der Waals surface area contributed by atoms with Crippen molar-refractivity contribution in [2.24, 2.45) is 0 Å². The first-order valence-corrected chi connectivity index (χ1v) is 11.2. The molecule has 0 fully saturated rings. The van der Waals surface area contributed by atoms with E-state index in [0.717, 1.165) is 38.2 Å². The topological polar surface area (TPSA) is 58.9 Å². The first-order chi connectivity index (χ1) is 16.7. The molecule has 1 N–H and O–H groups in total. The van der Waals surface area contributed by atoms with Gasteiger partial charge in [-0.1, -0.05) is 91.0 Å². The second-order valence-electron chi connectivity index (χ2n) is 8.38. The molecule has 6 aromatic rings. The van der Waals surface area contributed by atoms with E-state index in [1.807, 2.05) is 67.6 Å². The highest BCUT2D eigenvalue weighted by Gasteiger charge is 2.17. The average molecular weight is 440 g/mol. The molecule has 0 unspecified atom stereocenters. The van der Waals surface area contributed by atoms with Crippen LogP contribution in [0.1, 0.15) is 5.56 Å². The summed E-state index contributed by atoms with van der Waals surface area (Å²) in [7, 11) is 0. The van der Waals surface area contributed by atoms with Gasteiger partial charge in [-0.2, -0.15) is 0 Å². The van der Waals surface area contributed by atoms with Crippen molar-refractivity contribution in [2.75, 3.05) is 0 Å². The highest BCUT2D eigenvalue weighted by molar-refractivity contribution is 5.97. The smallest absolute Gasteiger partial charge is 0.167 e. The van der Waals surface area contributed by atoms with E-state index in [-0.39, 0.29) is 5.75 Å². The Kier molecular flexibility index (Phi) is 4.77. The Bertz CT molecular complexity index is 1580. The molecule has 0 spiro atoms. The van der Waals surface area contributed by atoms with Crippen LogP contribution in [0.25, 0.3) is 55.7 Å². The van der Waals surface area contributed by atoms with Gasteiger partial charge in [0, 0.05) is 11.1 Å². The fraction of sp³-hybridized carbons (Fsp3) is 0.0333. The van der Waals surface area contributed by atoms with E-state index in [2.05, 4.69) is 36.4 Å². The summed E-state index contributed by atoms with van der Waals surface area (Å²) in [5.74, 6) is 1.74. The molecule has 4 heteroatoms. The molecule has 1 heterocycles. The van der Waals surface area contributed by atoms with Crippen molar-refractivity contribution in [3.8, 4) is 39.9 Å². The first-order valence-electron chi connectivity index (χ1n) is 11.2. The van der Waals surface area contributed by atoms with Gasteiger partial charge >= 0.3 is 0 Å². The monoisotopic (exact) mass is 439 g/mol. The van der Waals surface area contributed by atoms with Crippen LogP contribution in [-0.2, 0) is 0 Å². The lowest BCUT2D eigenvalue weighted by molar-refractivity contribution is 0.476. The van der Waals surface area contributed by atoms with E-state index < -0.39 is 0 Å². The number of fused-ring (bicyclic) bond motifs is 2. The predicted octanol–water partition coefficient (Wildman–Crippen LogP) is 7.19. The maximum atomic E-state index is 10.7. The summed E-state index contributed by atoms with van der Waals surface area (Å²) < 4.78 is 0. The summed E-state index contributed by atoms with van der Waals surface area (Å²) >= 11 is 0. The Morgan fingerprint density at radius 2 is 0.971 bits per heavy atom. The van der Waals surface area contributed by atoms with Crippen molar-refractivity contribution in [1.82, 2.24) is 15.0 Å². The van der Waals surface area contributed by atoms with Crippen LogP contribution in [0.4, 0.5) is 0 Å². The average Bonchev–Trinajstić information content (AvgIpc) is 2.88. The molecule has 0 aliphatic rings. The molecule has 0 saturated carbocycles. The molecule has 0 atom stereocenters. The fourth-order valence-corrected chi connectivity index (χ4v) is 4.41. The molecular weight excluding hydrogens is 418 g/mol. The molecule has 5 aromatic carbocycles. The highest BCUT2D eigenvalue weighted by Crippen LogP contribution is 2.34. The largest absolute Gasteiger partial charge is 0.507 e. The van der Waals surface area contributed by atoms with Gasteiger partial charge in [0.15, 0.2) is 17.5 Å². The van der Waals surface area contributed by atoms with Crippen LogP contribution in [0.2, 0.25) is 0 Å². The fourth-order valence-electron chi connectivity index (χ4n) is 4.41. The van der Waals surface area contributed by atoms with Gasteiger partial charge < -0.3 is 5.11 Å². The van der Waals surface area contributed by atoms with E-state index in [9.17, 15) is 5.11 Å². The van der Waals surface area contributed by atoms with Gasteiger partial charge in [-0.05, 0) is 46.2 Å². The zero-order chi connectivity index (χ0) is 23.1. The van der Waals surface area contributed by atoms with Gasteiger partial charge in [0.05, 0.1) is 5.56 Å². The molecule has 0 saturated heterocycles. The number of benzene rings is 5. The van der Waals surface area contributed by atoms with Gasteiger partial charge in [-0.15, -0.1) is 0 Å². The Balaban J connectivity index is 1.66. The minimum Gasteiger partial charge on any atom is -0.507 e. The highest BCUT2D eigenvalue weighted by atomic mass is 16.3. The second-order valence-corrected chi connectivity index (χ2v) is 8.38. The predicted molar refractivity (Wildman–Crippen MR) is 138 cm³/mol. The lowest BCUT2D eigenvalue weighted by Crippen LogP contribution is -2.01. The van der Waals surface area contributed by atoms with Gasteiger partial charge in [0.25, 0.3) is 0 Å². The van der Waals surface area contributed by atoms with Crippen molar-refractivity contribution in [2.45, 2.75) is 6.92 Å². The Labute approximate surface area is 197 Å². The molecule has 0 radical (unpaired) electrons. The van der Waals surface area contributed by atoms with Crippen LogP contribution >= 0.6 is 0 Å². The molecular formula is C30H21N3O. The number of phenolic OH excluding ortho intramolecular Hbond substituents is 1. The summed E-state index contributed by atoms with van der Waals surface area (Å²) in [6.45, 7) is 1.94. The van der Waals surface area contributed by atoms with Gasteiger partial charge in [-0.3, -0.25) is 0 Å². The summed E-state index contributed by atoms with van der Waals surface area (Å²) in [5.41, 5.74) is 3.40. The van der Waals surface area contributed by atoms with Crippen LogP contribution in [0.3, 0.4) is 0 Å². The standard InChI is InChI=1S/C30H21N3O/c1-19-16-17-26(27(34)18-19)30-32-28(24-14-6-10-20-8-2-4-12-22(20)24)31-29(33-30)25-15-7-11-21-9-3-5-13-23(21)25/h2-18,34H,1H3. The van der Waals surface area contributed by atoms with E-state index in [1.54, 1.807) is 6.07 Å². The molecule has 0 amide bonds. The number of hydrogen-bond acceptors (Lipinski definition) is 4. The molecule has 0 aliphatic heterocycles. The molecule has 162 valence electrons. The van der Waals surface area contributed by atoms with E-state index in [0.29, 0.717) is 23.0 Å². The molecule has 0 aliphatic carbocycles. The van der Waals surface area contributed by atoms with E-state index >= 15 is 0 Å². The lowest BCUT2D eigenvalue weighted by Gasteiger charge is -2.12. The van der Waals surface area contributed by atoms with Crippen molar-refractivity contribution in [1.29, 1.82) is 0 Å². The summed E-state index contributed by atoms with van der Waals surface area (Å²) in [6.07, 6.45) is 0. The second kappa shape index (κ2) is 8.09. The third-order valence-electron chi connectivity index (χ3n) is 6.09. The lowest BCUT2D eigenvalue weighted by atomic mass is 10.0. The first kappa shape index (κ1) is 20.1. The van der Waals surface area contributed by atoms with E-state index in [4.69, 9.17) is 15.0 Å². The maximum absolute atomic E-state index is 10.7. The molecule has 1 aromatic heterocycles. The third kappa shape index (κ3) is 3.46. The van der Waals surface area contributed by atoms with Gasteiger partial charge in [0.1, 0.15) is 5.75 Å². The number of hydrogen-bond donors (Lipinski definition) is 1. The zero-order valence-electron chi connectivity index (χ0n) is 18.6. The van der Waals surface area contributed by atoms with Crippen LogP contribution in [-0.4, -0.2) is 20.1 Å². The summed E-state index contributed by atoms with van der Waals surface area (Å²) in [6, 6.07) is 34.2. The van der Waals surface area contributed by atoms with Crippen molar-refractivity contribution in [3.63, 3.8) is 0 Å². The third-order valence-corrected chi connectivity index (χ3v) is 6.09. The number of rotatable bonds is 3. The van der Waals surface area contributed by atoms with Crippen LogP contribution in [0.5, 0.6) is 5.75 Å². The number of aromatic hydroxyl groups is 1. The number of aromatic nitrogens is 3. The van der Waals surface area contributed by atoms with Crippen molar-refractivity contribution in [3.05, 3.63) is 109 Å². The van der Waals surface area contributed by atoms with E-state index in [1.165, 1.54) is 0 Å². The Morgan fingerprint density at radius 3 is 1.50 bits per heavy atom. The molecule has 4 nitrogen and oxygen atoms in total. The summed E-state index contributed by atoms with van der Waals surface area (Å²) in [4.78, 5) is 14.6. The maximum Gasteiger partial charge on any atom is 0.167 e. The van der Waals surface area contributed by atoms with Gasteiger partial charge in [0.2, 0.25) is 0 Å². The quantitative estimate of drug-likeness (QED) is 0.317.